The molecule has 2 aromatic heterocycles. The highest BCUT2D eigenvalue weighted by Gasteiger charge is 2.10. The topological polar surface area (TPSA) is 67.6 Å². The first-order valence-electron chi connectivity index (χ1n) is 3.70. The third kappa shape index (κ3) is 1.55. The van der Waals surface area contributed by atoms with Crippen molar-refractivity contribution >= 4 is 11.6 Å². The van der Waals surface area contributed by atoms with Crippen molar-refractivity contribution in [3.8, 4) is 11.6 Å². The number of hydrogen-bond acceptors (Lipinski definition) is 4. The van der Waals surface area contributed by atoms with E-state index in [1.807, 2.05) is 13.0 Å². The normalized spacial score (nSPS) is 10.6. The first-order chi connectivity index (χ1) is 6.29. The summed E-state index contributed by atoms with van der Waals surface area (Å²) in [6.45, 7) is 1.90. The fourth-order valence-corrected chi connectivity index (χ4v) is 1.05. The van der Waals surface area contributed by atoms with Crippen LogP contribution in [0, 0.1) is 6.92 Å². The number of alkyl halides is 1. The van der Waals surface area contributed by atoms with Crippen molar-refractivity contribution < 1.29 is 4.52 Å². The number of aromatic nitrogens is 4. The van der Waals surface area contributed by atoms with Gasteiger partial charge in [0, 0.05) is 5.69 Å². The van der Waals surface area contributed by atoms with Gasteiger partial charge in [-0.25, -0.2) is 0 Å². The summed E-state index contributed by atoms with van der Waals surface area (Å²) in [5, 5.41) is 10.4. The molecule has 2 aromatic rings. The lowest BCUT2D eigenvalue weighted by atomic mass is 10.4. The van der Waals surface area contributed by atoms with Gasteiger partial charge in [0.15, 0.2) is 11.5 Å². The van der Waals surface area contributed by atoms with E-state index in [4.69, 9.17) is 16.1 Å². The molecule has 0 fully saturated rings. The van der Waals surface area contributed by atoms with E-state index in [1.165, 1.54) is 0 Å². The van der Waals surface area contributed by atoms with Gasteiger partial charge in [0.05, 0.1) is 5.88 Å². The number of nitrogens with one attached hydrogen (secondary N) is 1. The summed E-state index contributed by atoms with van der Waals surface area (Å²) in [4.78, 5) is 4.02. The SMILES string of the molecule is Cc1cc(-c2nc(CCl)no2)n[nH]1. The smallest absolute Gasteiger partial charge is 0.278 e. The lowest BCUT2D eigenvalue weighted by Gasteiger charge is -1.80. The molecule has 0 saturated carbocycles. The monoisotopic (exact) mass is 198 g/mol. The molecule has 1 N–H and O–H groups in total. The summed E-state index contributed by atoms with van der Waals surface area (Å²) >= 11 is 5.52. The number of rotatable bonds is 2. The maximum absolute atomic E-state index is 5.52. The van der Waals surface area contributed by atoms with E-state index in [-0.39, 0.29) is 5.88 Å². The summed E-state index contributed by atoms with van der Waals surface area (Å²) in [5.41, 5.74) is 1.59. The molecular weight excluding hydrogens is 192 g/mol. The van der Waals surface area contributed by atoms with Crippen LogP contribution < -0.4 is 0 Å². The fraction of sp³-hybridized carbons (Fsp3) is 0.286. The molecule has 0 radical (unpaired) electrons. The lowest BCUT2D eigenvalue weighted by molar-refractivity contribution is 0.423. The molecule has 2 heterocycles. The highest BCUT2D eigenvalue weighted by atomic mass is 35.5. The molecule has 0 saturated heterocycles. The molecule has 0 bridgehead atoms. The molecule has 0 unspecified atom stereocenters. The molecule has 2 rings (SSSR count). The van der Waals surface area contributed by atoms with Gasteiger partial charge in [0.1, 0.15) is 0 Å². The molecule has 0 aliphatic rings. The minimum Gasteiger partial charge on any atom is -0.332 e. The van der Waals surface area contributed by atoms with Crippen LogP contribution in [0.5, 0.6) is 0 Å². The third-order valence-electron chi connectivity index (χ3n) is 1.51. The van der Waals surface area contributed by atoms with Crippen LogP contribution >= 0.6 is 11.6 Å². The van der Waals surface area contributed by atoms with Crippen molar-refractivity contribution in [1.82, 2.24) is 20.3 Å². The molecule has 0 aliphatic carbocycles. The fourth-order valence-electron chi connectivity index (χ4n) is 0.940. The van der Waals surface area contributed by atoms with Crippen LogP contribution in [0.3, 0.4) is 0 Å². The van der Waals surface area contributed by atoms with Crippen LogP contribution in [0.1, 0.15) is 11.5 Å². The van der Waals surface area contributed by atoms with E-state index in [2.05, 4.69) is 20.3 Å². The maximum Gasteiger partial charge on any atom is 0.278 e. The van der Waals surface area contributed by atoms with Crippen molar-refractivity contribution in [2.24, 2.45) is 0 Å². The number of hydrogen-bond donors (Lipinski definition) is 1. The summed E-state index contributed by atoms with van der Waals surface area (Å²) in [5.74, 6) is 1.10. The van der Waals surface area contributed by atoms with Crippen molar-refractivity contribution in [3.05, 3.63) is 17.6 Å². The zero-order valence-corrected chi connectivity index (χ0v) is 7.67. The first-order valence-corrected chi connectivity index (χ1v) is 4.24. The number of aryl methyl sites for hydroxylation is 1. The highest BCUT2D eigenvalue weighted by Crippen LogP contribution is 2.15. The van der Waals surface area contributed by atoms with Gasteiger partial charge in [-0.1, -0.05) is 5.16 Å². The van der Waals surface area contributed by atoms with Gasteiger partial charge in [-0.2, -0.15) is 10.1 Å². The van der Waals surface area contributed by atoms with E-state index in [9.17, 15) is 0 Å². The molecule has 0 spiro atoms. The van der Waals surface area contributed by atoms with Crippen LogP contribution in [0.2, 0.25) is 0 Å². The summed E-state index contributed by atoms with van der Waals surface area (Å²) in [6, 6.07) is 1.82. The Morgan fingerprint density at radius 3 is 3.00 bits per heavy atom. The summed E-state index contributed by atoms with van der Waals surface area (Å²) < 4.78 is 4.93. The third-order valence-corrected chi connectivity index (χ3v) is 1.75. The lowest BCUT2D eigenvalue weighted by Crippen LogP contribution is -1.80. The predicted molar refractivity (Wildman–Crippen MR) is 46.2 cm³/mol. The van der Waals surface area contributed by atoms with Crippen molar-refractivity contribution in [1.29, 1.82) is 0 Å². The minimum absolute atomic E-state index is 0.243. The summed E-state index contributed by atoms with van der Waals surface area (Å²) in [7, 11) is 0. The Kier molecular flexibility index (Phi) is 2.02. The van der Waals surface area contributed by atoms with Crippen molar-refractivity contribution in [2.45, 2.75) is 12.8 Å². The van der Waals surface area contributed by atoms with Gasteiger partial charge in [-0.3, -0.25) is 5.10 Å². The van der Waals surface area contributed by atoms with Gasteiger partial charge >= 0.3 is 0 Å². The Labute approximate surface area is 79.1 Å². The zero-order chi connectivity index (χ0) is 9.26. The van der Waals surface area contributed by atoms with Crippen LogP contribution in [-0.4, -0.2) is 20.3 Å². The highest BCUT2D eigenvalue weighted by molar-refractivity contribution is 6.16. The quantitative estimate of drug-likeness (QED) is 0.743. The maximum atomic E-state index is 5.52. The number of H-pyrrole nitrogens is 1. The number of nitrogens with zero attached hydrogens (tertiary/aromatic N) is 3. The molecular formula is C7H7ClN4O. The second-order valence-corrected chi connectivity index (χ2v) is 2.85. The van der Waals surface area contributed by atoms with Crippen molar-refractivity contribution in [3.63, 3.8) is 0 Å². The van der Waals surface area contributed by atoms with Gasteiger partial charge in [-0.15, -0.1) is 11.6 Å². The predicted octanol–water partition coefficient (Wildman–Crippen LogP) is 1.51. The van der Waals surface area contributed by atoms with Crippen LogP contribution in [0.15, 0.2) is 10.6 Å². The molecule has 6 heteroatoms. The Morgan fingerprint density at radius 2 is 2.46 bits per heavy atom. The number of halogens is 1. The molecule has 0 atom stereocenters. The van der Waals surface area contributed by atoms with Gasteiger partial charge in [0.2, 0.25) is 0 Å². The van der Waals surface area contributed by atoms with E-state index < -0.39 is 0 Å². The van der Waals surface area contributed by atoms with Crippen LogP contribution in [0.25, 0.3) is 11.6 Å². The second kappa shape index (κ2) is 3.18. The molecule has 0 aromatic carbocycles. The molecule has 0 amide bonds. The Hall–Kier alpha value is -1.36. The van der Waals surface area contributed by atoms with Gasteiger partial charge in [0.25, 0.3) is 5.89 Å². The van der Waals surface area contributed by atoms with Crippen LogP contribution in [0.4, 0.5) is 0 Å². The molecule has 13 heavy (non-hydrogen) atoms. The molecule has 0 aliphatic heterocycles. The molecule has 68 valence electrons. The van der Waals surface area contributed by atoms with E-state index in [1.54, 1.807) is 0 Å². The average Bonchev–Trinajstić information content (AvgIpc) is 2.71. The largest absolute Gasteiger partial charge is 0.332 e. The Bertz CT molecular complexity index is 408. The van der Waals surface area contributed by atoms with Gasteiger partial charge in [-0.05, 0) is 13.0 Å². The Morgan fingerprint density at radius 1 is 1.62 bits per heavy atom. The second-order valence-electron chi connectivity index (χ2n) is 2.59. The summed E-state index contributed by atoms with van der Waals surface area (Å²) in [6.07, 6.45) is 0. The van der Waals surface area contributed by atoms with Crippen LogP contribution in [-0.2, 0) is 5.88 Å². The minimum atomic E-state index is 0.243. The van der Waals surface area contributed by atoms with E-state index >= 15 is 0 Å². The van der Waals surface area contributed by atoms with Crippen molar-refractivity contribution in [2.75, 3.05) is 0 Å². The van der Waals surface area contributed by atoms with Gasteiger partial charge < -0.3 is 4.52 Å². The molecule has 5 nitrogen and oxygen atoms in total. The zero-order valence-electron chi connectivity index (χ0n) is 6.91. The standard InChI is InChI=1S/C7H7ClN4O/c1-4-2-5(11-10-4)7-9-6(3-8)12-13-7/h2H,3H2,1H3,(H,10,11). The first kappa shape index (κ1) is 8.25. The average molecular weight is 199 g/mol. The number of aromatic amines is 1. The van der Waals surface area contributed by atoms with E-state index in [0.717, 1.165) is 5.69 Å². The Balaban J connectivity index is 2.35. The van der Waals surface area contributed by atoms with E-state index in [0.29, 0.717) is 17.4 Å².